The van der Waals surface area contributed by atoms with Gasteiger partial charge in [0.05, 0.1) is 24.1 Å². The molecule has 0 radical (unpaired) electrons. The van der Waals surface area contributed by atoms with E-state index in [1.165, 1.54) is 0 Å². The molecule has 10 heteroatoms. The highest BCUT2D eigenvalue weighted by molar-refractivity contribution is 7.90. The maximum atomic E-state index is 13.2. The molecular formula is C25H30N6O3S. The predicted molar refractivity (Wildman–Crippen MR) is 140 cm³/mol. The van der Waals surface area contributed by atoms with Crippen molar-refractivity contribution in [3.63, 3.8) is 0 Å². The highest BCUT2D eigenvalue weighted by atomic mass is 32.2. The maximum Gasteiger partial charge on any atom is 0.274 e. The molecule has 1 atom stereocenters. The Bertz CT molecular complexity index is 1140. The van der Waals surface area contributed by atoms with Gasteiger partial charge in [-0.3, -0.25) is 9.59 Å². The summed E-state index contributed by atoms with van der Waals surface area (Å²) >= 11 is -1.01. The summed E-state index contributed by atoms with van der Waals surface area (Å²) in [6, 6.07) is 17.7. The van der Waals surface area contributed by atoms with Crippen LogP contribution in [0.5, 0.6) is 0 Å². The Labute approximate surface area is 208 Å². The van der Waals surface area contributed by atoms with Gasteiger partial charge in [0, 0.05) is 24.7 Å². The van der Waals surface area contributed by atoms with E-state index in [1.807, 2.05) is 49.3 Å². The molecule has 3 aromatic rings. The van der Waals surface area contributed by atoms with Gasteiger partial charge in [0.15, 0.2) is 5.82 Å². The highest BCUT2D eigenvalue weighted by Gasteiger charge is 2.17. The largest absolute Gasteiger partial charge is 0.617 e. The van der Waals surface area contributed by atoms with E-state index in [0.29, 0.717) is 35.2 Å². The van der Waals surface area contributed by atoms with E-state index in [2.05, 4.69) is 25.9 Å². The Kier molecular flexibility index (Phi) is 9.59. The zero-order chi connectivity index (χ0) is 25.2. The number of carbonyl (C=O) groups is 2. The molecule has 3 N–H and O–H groups in total. The summed E-state index contributed by atoms with van der Waals surface area (Å²) in [5.41, 5.74) is 1.62. The molecule has 2 aromatic carbocycles. The molecule has 0 spiro atoms. The van der Waals surface area contributed by atoms with Crippen LogP contribution in [-0.4, -0.2) is 77.0 Å². The minimum Gasteiger partial charge on any atom is -0.617 e. The zero-order valence-electron chi connectivity index (χ0n) is 20.1. The van der Waals surface area contributed by atoms with E-state index in [-0.39, 0.29) is 18.1 Å². The molecule has 3 rings (SSSR count). The lowest BCUT2D eigenvalue weighted by molar-refractivity contribution is 0.0957. The van der Waals surface area contributed by atoms with Crippen molar-refractivity contribution in [2.24, 2.45) is 0 Å². The smallest absolute Gasteiger partial charge is 0.274 e. The van der Waals surface area contributed by atoms with Crippen molar-refractivity contribution in [3.05, 3.63) is 71.9 Å². The van der Waals surface area contributed by atoms with E-state index in [1.54, 1.807) is 36.6 Å². The first-order chi connectivity index (χ1) is 16.8. The molecule has 0 saturated heterocycles. The first-order valence-electron chi connectivity index (χ1n) is 11.1. The van der Waals surface area contributed by atoms with Gasteiger partial charge in [0.1, 0.15) is 17.3 Å². The molecule has 9 nitrogen and oxygen atoms in total. The number of hydrogen-bond acceptors (Lipinski definition) is 7. The first-order valence-corrected chi connectivity index (χ1v) is 12.9. The van der Waals surface area contributed by atoms with E-state index in [0.717, 1.165) is 12.1 Å². The van der Waals surface area contributed by atoms with Crippen molar-refractivity contribution >= 4 is 34.5 Å². The van der Waals surface area contributed by atoms with Crippen molar-refractivity contribution in [2.75, 3.05) is 56.4 Å². The third kappa shape index (κ3) is 8.06. The van der Waals surface area contributed by atoms with Gasteiger partial charge in [-0.25, -0.2) is 9.97 Å². The molecule has 0 aliphatic rings. The second kappa shape index (κ2) is 12.8. The Balaban J connectivity index is 1.84. The number of carbonyl (C=O) groups excluding carboxylic acids is 2. The molecule has 0 bridgehead atoms. The molecule has 1 heterocycles. The number of nitrogens with zero attached hydrogens (tertiary/aromatic N) is 3. The quantitative estimate of drug-likeness (QED) is 0.350. The predicted octanol–water partition coefficient (Wildman–Crippen LogP) is 2.48. The van der Waals surface area contributed by atoms with Crippen LogP contribution in [0.25, 0.3) is 11.4 Å². The summed E-state index contributed by atoms with van der Waals surface area (Å²) in [6.07, 6.45) is 1.58. The van der Waals surface area contributed by atoms with Crippen molar-refractivity contribution in [1.82, 2.24) is 20.2 Å². The monoisotopic (exact) mass is 494 g/mol. The summed E-state index contributed by atoms with van der Waals surface area (Å²) in [5, 5.41) is 8.78. The summed E-state index contributed by atoms with van der Waals surface area (Å²) < 4.78 is 11.3. The van der Waals surface area contributed by atoms with Crippen LogP contribution in [0.4, 0.5) is 11.5 Å². The molecule has 1 unspecified atom stereocenters. The summed E-state index contributed by atoms with van der Waals surface area (Å²) in [6.45, 7) is 1.71. The van der Waals surface area contributed by atoms with Gasteiger partial charge in [-0.15, -0.1) is 0 Å². The van der Waals surface area contributed by atoms with E-state index < -0.39 is 17.1 Å². The molecule has 184 valence electrons. The molecule has 1 aromatic heterocycles. The second-order valence-corrected chi connectivity index (χ2v) is 9.65. The molecule has 0 fully saturated rings. The first kappa shape index (κ1) is 26.1. The minimum atomic E-state index is -1.01. The Morgan fingerprint density at radius 3 is 2.40 bits per heavy atom. The molecule has 2 amide bonds. The molecule has 0 aliphatic carbocycles. The number of hydrogen-bond donors (Lipinski definition) is 3. The van der Waals surface area contributed by atoms with Gasteiger partial charge in [-0.2, -0.15) is 0 Å². The van der Waals surface area contributed by atoms with E-state index in [4.69, 9.17) is 0 Å². The zero-order valence-corrected chi connectivity index (χ0v) is 20.9. The Morgan fingerprint density at radius 2 is 1.69 bits per heavy atom. The van der Waals surface area contributed by atoms with Gasteiger partial charge in [-0.05, 0) is 26.2 Å². The topological polar surface area (TPSA) is 122 Å². The number of para-hydroxylation sites is 1. The van der Waals surface area contributed by atoms with Crippen LogP contribution in [0.15, 0.2) is 60.7 Å². The van der Waals surface area contributed by atoms with E-state index >= 15 is 0 Å². The Hall–Kier alpha value is -3.47. The van der Waals surface area contributed by atoms with Gasteiger partial charge in [0.2, 0.25) is 0 Å². The van der Waals surface area contributed by atoms with Crippen molar-refractivity contribution in [3.8, 4) is 11.4 Å². The number of nitrogens with one attached hydrogen (secondary N) is 3. The fourth-order valence-corrected chi connectivity index (χ4v) is 3.55. The second-order valence-electron chi connectivity index (χ2n) is 8.09. The lowest BCUT2D eigenvalue weighted by Gasteiger charge is -2.14. The van der Waals surface area contributed by atoms with Gasteiger partial charge >= 0.3 is 0 Å². The van der Waals surface area contributed by atoms with Crippen LogP contribution in [0, 0.1) is 0 Å². The highest BCUT2D eigenvalue weighted by Crippen LogP contribution is 2.20. The normalized spacial score (nSPS) is 11.7. The number of aromatic nitrogens is 2. The van der Waals surface area contributed by atoms with Crippen LogP contribution < -0.4 is 16.0 Å². The SMILES string of the molecule is CN(C)CCNc1cc(C(=O)Nc2ccccc2C(=O)NCC[S+](C)[O-])nc(-c2ccccc2)n1. The number of likely N-dealkylation sites (N-methyl/N-ethyl adjacent to an activating group) is 1. The van der Waals surface area contributed by atoms with E-state index in [9.17, 15) is 14.1 Å². The summed E-state index contributed by atoms with van der Waals surface area (Å²) in [4.78, 5) is 36.9. The molecule has 0 aliphatic heterocycles. The molecule has 35 heavy (non-hydrogen) atoms. The average Bonchev–Trinajstić information content (AvgIpc) is 2.84. The fraction of sp³-hybridized carbons (Fsp3) is 0.280. The van der Waals surface area contributed by atoms with Crippen LogP contribution in [0.2, 0.25) is 0 Å². The van der Waals surface area contributed by atoms with Crippen molar-refractivity contribution in [2.45, 2.75) is 0 Å². The average molecular weight is 495 g/mol. The fourth-order valence-electron chi connectivity index (χ4n) is 3.16. The lowest BCUT2D eigenvalue weighted by atomic mass is 10.1. The van der Waals surface area contributed by atoms with Gasteiger partial charge < -0.3 is 25.4 Å². The summed E-state index contributed by atoms with van der Waals surface area (Å²) in [5.74, 6) is 0.487. The standard InChI is InChI=1S/C25H30N6O3S/c1-31(2)15-13-26-22-17-21(28-23(30-22)18-9-5-4-6-10-18)25(33)29-20-12-8-7-11-19(20)24(32)27-14-16-35(3)34/h4-12,17H,13-16H2,1-3H3,(H,27,32)(H,29,33)(H,26,28,30). The van der Waals surface area contributed by atoms with Crippen molar-refractivity contribution < 1.29 is 14.1 Å². The van der Waals surface area contributed by atoms with Gasteiger partial charge in [0.25, 0.3) is 11.8 Å². The minimum absolute atomic E-state index is 0.169. The Morgan fingerprint density at radius 1 is 0.971 bits per heavy atom. The molecule has 0 saturated carbocycles. The number of amides is 2. The van der Waals surface area contributed by atoms with Crippen molar-refractivity contribution in [1.29, 1.82) is 0 Å². The summed E-state index contributed by atoms with van der Waals surface area (Å²) in [7, 11) is 3.95. The van der Waals surface area contributed by atoms with Crippen LogP contribution in [0.1, 0.15) is 20.8 Å². The van der Waals surface area contributed by atoms with Crippen LogP contribution in [0.3, 0.4) is 0 Å². The number of benzene rings is 2. The third-order valence-electron chi connectivity index (χ3n) is 4.95. The maximum absolute atomic E-state index is 13.2. The molecular weight excluding hydrogens is 464 g/mol. The van der Waals surface area contributed by atoms with Crippen LogP contribution in [-0.2, 0) is 11.2 Å². The lowest BCUT2D eigenvalue weighted by Crippen LogP contribution is -2.29. The van der Waals surface area contributed by atoms with Crippen LogP contribution >= 0.6 is 0 Å². The third-order valence-corrected chi connectivity index (χ3v) is 5.73. The number of anilines is 2. The van der Waals surface area contributed by atoms with Gasteiger partial charge in [-0.1, -0.05) is 53.6 Å². The number of rotatable bonds is 11.